The minimum atomic E-state index is -4.52. The number of halogens is 4. The molecular weight excluding hydrogens is 304 g/mol. The Morgan fingerprint density at radius 3 is 2.55 bits per heavy atom. The van der Waals surface area contributed by atoms with Crippen LogP contribution in [0.4, 0.5) is 17.6 Å². The summed E-state index contributed by atoms with van der Waals surface area (Å²) in [4.78, 5) is 23.5. The summed E-state index contributed by atoms with van der Waals surface area (Å²) in [6.45, 7) is -0.127. The number of amides is 2. The molecule has 0 spiro atoms. The number of nitrogens with one attached hydrogen (secondary N) is 2. The summed E-state index contributed by atoms with van der Waals surface area (Å²) >= 11 is 0. The van der Waals surface area contributed by atoms with E-state index < -0.39 is 35.8 Å². The molecule has 2 atom stereocenters. The smallest absolute Gasteiger partial charge is 0.351 e. The first-order valence-corrected chi connectivity index (χ1v) is 6.67. The Kier molecular flexibility index (Phi) is 4.68. The van der Waals surface area contributed by atoms with Crippen LogP contribution in [0.5, 0.6) is 0 Å². The van der Waals surface area contributed by atoms with Gasteiger partial charge in [-0.25, -0.2) is 4.39 Å². The summed E-state index contributed by atoms with van der Waals surface area (Å²) in [6.07, 6.45) is -5.07. The van der Waals surface area contributed by atoms with E-state index in [2.05, 4.69) is 5.32 Å². The molecule has 1 heterocycles. The van der Waals surface area contributed by atoms with Gasteiger partial charge in [0.15, 0.2) is 0 Å². The predicted octanol–water partition coefficient (Wildman–Crippen LogP) is 1.90. The number of alkyl halides is 3. The van der Waals surface area contributed by atoms with Gasteiger partial charge in [0.05, 0.1) is 0 Å². The zero-order chi connectivity index (χ0) is 16.3. The minimum absolute atomic E-state index is 0.127. The summed E-state index contributed by atoms with van der Waals surface area (Å²) in [5.74, 6) is -3.36. The molecule has 1 aromatic carbocycles. The van der Waals surface area contributed by atoms with E-state index in [4.69, 9.17) is 0 Å². The first kappa shape index (κ1) is 16.3. The third-order valence-electron chi connectivity index (χ3n) is 3.50. The van der Waals surface area contributed by atoms with Crippen molar-refractivity contribution in [2.24, 2.45) is 5.92 Å². The highest BCUT2D eigenvalue weighted by Gasteiger charge is 2.45. The molecule has 0 aromatic heterocycles. The van der Waals surface area contributed by atoms with Crippen molar-refractivity contribution in [2.45, 2.75) is 31.6 Å². The average molecular weight is 318 g/mol. The van der Waals surface area contributed by atoms with E-state index in [1.54, 1.807) is 11.4 Å². The maximum atomic E-state index is 13.4. The third-order valence-corrected chi connectivity index (χ3v) is 3.50. The number of rotatable bonds is 3. The Morgan fingerprint density at radius 2 is 1.95 bits per heavy atom. The molecule has 0 aliphatic carbocycles. The highest BCUT2D eigenvalue weighted by molar-refractivity contribution is 6.00. The van der Waals surface area contributed by atoms with E-state index in [9.17, 15) is 27.2 Å². The van der Waals surface area contributed by atoms with Crippen LogP contribution in [0.2, 0.25) is 0 Å². The second kappa shape index (κ2) is 6.33. The lowest BCUT2D eigenvalue weighted by atomic mass is 9.93. The summed E-state index contributed by atoms with van der Waals surface area (Å²) in [6, 6.07) is 3.85. The number of hydrogen-bond donors (Lipinski definition) is 2. The molecule has 2 N–H and O–H groups in total. The lowest BCUT2D eigenvalue weighted by Gasteiger charge is -2.29. The van der Waals surface area contributed by atoms with Gasteiger partial charge in [0.25, 0.3) is 0 Å². The molecule has 120 valence electrons. The fraction of sp³-hybridized carbons (Fsp3) is 0.429. The highest BCUT2D eigenvalue weighted by Crippen LogP contribution is 2.28. The summed E-state index contributed by atoms with van der Waals surface area (Å²) in [5.41, 5.74) is 0.236. The van der Waals surface area contributed by atoms with Crippen LogP contribution >= 0.6 is 0 Å². The molecule has 1 aliphatic heterocycles. The quantitative estimate of drug-likeness (QED) is 0.660. The van der Waals surface area contributed by atoms with E-state index in [0.717, 1.165) is 0 Å². The molecule has 8 heteroatoms. The lowest BCUT2D eigenvalue weighted by molar-refractivity contribution is -0.171. The largest absolute Gasteiger partial charge is 0.408 e. The Labute approximate surface area is 123 Å². The number of benzene rings is 1. The Balaban J connectivity index is 1.91. The number of piperidine rings is 1. The van der Waals surface area contributed by atoms with Crippen molar-refractivity contribution in [3.8, 4) is 0 Å². The molecule has 4 nitrogen and oxygen atoms in total. The summed E-state index contributed by atoms with van der Waals surface area (Å²) < 4.78 is 50.9. The Hall–Kier alpha value is -2.12. The molecule has 1 fully saturated rings. The van der Waals surface area contributed by atoms with Gasteiger partial charge in [-0.3, -0.25) is 9.59 Å². The second-order valence-electron chi connectivity index (χ2n) is 5.04. The van der Waals surface area contributed by atoms with Gasteiger partial charge in [0.2, 0.25) is 11.8 Å². The molecule has 0 bridgehead atoms. The zero-order valence-corrected chi connectivity index (χ0v) is 11.4. The summed E-state index contributed by atoms with van der Waals surface area (Å²) in [5, 5.41) is 4.17. The van der Waals surface area contributed by atoms with Crippen LogP contribution in [0.15, 0.2) is 24.3 Å². The minimum Gasteiger partial charge on any atom is -0.351 e. The van der Waals surface area contributed by atoms with Gasteiger partial charge in [-0.05, 0) is 18.9 Å². The van der Waals surface area contributed by atoms with Crippen LogP contribution in [0.25, 0.3) is 0 Å². The molecule has 0 saturated carbocycles. The first-order valence-electron chi connectivity index (χ1n) is 6.67. The number of hydrogen-bond acceptors (Lipinski definition) is 2. The molecule has 1 aliphatic rings. The molecule has 1 saturated heterocycles. The van der Waals surface area contributed by atoms with Crippen LogP contribution in [-0.4, -0.2) is 24.0 Å². The molecule has 0 radical (unpaired) electrons. The third kappa shape index (κ3) is 3.75. The van der Waals surface area contributed by atoms with Crippen LogP contribution < -0.4 is 10.6 Å². The normalized spacial score (nSPS) is 22.1. The van der Waals surface area contributed by atoms with Gasteiger partial charge >= 0.3 is 6.18 Å². The van der Waals surface area contributed by atoms with Crippen molar-refractivity contribution < 1.29 is 27.2 Å². The number of carbonyl (C=O) groups excluding carboxylic acids is 2. The van der Waals surface area contributed by atoms with Gasteiger partial charge in [-0.1, -0.05) is 18.2 Å². The summed E-state index contributed by atoms with van der Waals surface area (Å²) in [7, 11) is 0. The lowest BCUT2D eigenvalue weighted by Crippen LogP contribution is -2.54. The average Bonchev–Trinajstić information content (AvgIpc) is 2.45. The molecule has 2 rings (SSSR count). The second-order valence-corrected chi connectivity index (χ2v) is 5.04. The van der Waals surface area contributed by atoms with E-state index in [1.165, 1.54) is 18.2 Å². The highest BCUT2D eigenvalue weighted by atomic mass is 19.4. The fourth-order valence-electron chi connectivity index (χ4n) is 2.25. The van der Waals surface area contributed by atoms with Gasteiger partial charge in [-0.2, -0.15) is 13.2 Å². The molecular formula is C14H14F4N2O2. The van der Waals surface area contributed by atoms with Crippen molar-refractivity contribution in [3.63, 3.8) is 0 Å². The fourth-order valence-corrected chi connectivity index (χ4v) is 2.25. The molecule has 22 heavy (non-hydrogen) atoms. The van der Waals surface area contributed by atoms with Crippen molar-refractivity contribution in [1.29, 1.82) is 0 Å². The zero-order valence-electron chi connectivity index (χ0n) is 11.4. The van der Waals surface area contributed by atoms with Crippen molar-refractivity contribution >= 4 is 11.8 Å². The van der Waals surface area contributed by atoms with Gasteiger partial charge < -0.3 is 10.6 Å². The van der Waals surface area contributed by atoms with Crippen molar-refractivity contribution in [3.05, 3.63) is 35.6 Å². The molecule has 1 aromatic rings. The van der Waals surface area contributed by atoms with E-state index in [-0.39, 0.29) is 24.9 Å². The Morgan fingerprint density at radius 1 is 1.27 bits per heavy atom. The topological polar surface area (TPSA) is 58.2 Å². The van der Waals surface area contributed by atoms with E-state index >= 15 is 0 Å². The van der Waals surface area contributed by atoms with E-state index in [0.29, 0.717) is 0 Å². The first-order chi connectivity index (χ1) is 10.3. The van der Waals surface area contributed by atoms with Gasteiger partial charge in [0.1, 0.15) is 17.8 Å². The number of carbonyl (C=O) groups is 2. The van der Waals surface area contributed by atoms with Crippen molar-refractivity contribution in [2.75, 3.05) is 0 Å². The Bertz CT molecular complexity index is 574. The van der Waals surface area contributed by atoms with Crippen LogP contribution in [0, 0.1) is 11.7 Å². The molecule has 2 unspecified atom stereocenters. The maximum absolute atomic E-state index is 13.4. The van der Waals surface area contributed by atoms with Crippen LogP contribution in [0.1, 0.15) is 18.4 Å². The monoisotopic (exact) mass is 318 g/mol. The SMILES string of the molecule is O=C(NCc1ccccc1F)C1CCC(C(F)(F)F)NC1=O. The standard InChI is InChI=1S/C14H14F4N2O2/c15-10-4-2-1-3-8(10)7-19-12(21)9-5-6-11(14(16,17)18)20-13(9)22/h1-4,9,11H,5-7H2,(H,19,21)(H,20,22). The maximum Gasteiger partial charge on any atom is 0.408 e. The van der Waals surface area contributed by atoms with E-state index in [1.807, 2.05) is 0 Å². The predicted molar refractivity (Wildman–Crippen MR) is 69.0 cm³/mol. The molecule has 2 amide bonds. The van der Waals surface area contributed by atoms with Crippen LogP contribution in [0.3, 0.4) is 0 Å². The van der Waals surface area contributed by atoms with Crippen LogP contribution in [-0.2, 0) is 16.1 Å². The van der Waals surface area contributed by atoms with Crippen molar-refractivity contribution in [1.82, 2.24) is 10.6 Å². The van der Waals surface area contributed by atoms with Gasteiger partial charge in [0, 0.05) is 12.1 Å². The van der Waals surface area contributed by atoms with Gasteiger partial charge in [-0.15, -0.1) is 0 Å².